The van der Waals surface area contributed by atoms with E-state index in [9.17, 15) is 0 Å². The van der Waals surface area contributed by atoms with E-state index in [0.717, 1.165) is 22.6 Å². The van der Waals surface area contributed by atoms with Crippen LogP contribution >= 0.6 is 15.9 Å². The van der Waals surface area contributed by atoms with Gasteiger partial charge >= 0.3 is 0 Å². The van der Waals surface area contributed by atoms with Gasteiger partial charge in [0.15, 0.2) is 0 Å². The van der Waals surface area contributed by atoms with Crippen molar-refractivity contribution in [3.8, 4) is 0 Å². The summed E-state index contributed by atoms with van der Waals surface area (Å²) in [5.41, 5.74) is 7.98. The van der Waals surface area contributed by atoms with Crippen molar-refractivity contribution >= 4 is 21.6 Å². The number of nitrogens with two attached hydrogens (primary N) is 1. The third-order valence-electron chi connectivity index (χ3n) is 3.88. The van der Waals surface area contributed by atoms with Crippen LogP contribution in [0, 0.1) is 5.92 Å². The number of hydrogen-bond acceptors (Lipinski definition) is 2. The van der Waals surface area contributed by atoms with Crippen LogP contribution in [0.2, 0.25) is 0 Å². The maximum Gasteiger partial charge on any atom is 0.0458 e. The van der Waals surface area contributed by atoms with Crippen LogP contribution in [0.5, 0.6) is 0 Å². The highest BCUT2D eigenvalue weighted by molar-refractivity contribution is 9.10. The van der Waals surface area contributed by atoms with Gasteiger partial charge in [0.1, 0.15) is 0 Å². The van der Waals surface area contributed by atoms with Crippen LogP contribution in [-0.4, -0.2) is 18.0 Å². The third-order valence-corrected chi connectivity index (χ3v) is 4.56. The predicted molar refractivity (Wildman–Crippen MR) is 81.5 cm³/mol. The zero-order chi connectivity index (χ0) is 13.0. The van der Waals surface area contributed by atoms with Crippen LogP contribution < -0.4 is 5.73 Å². The molecule has 2 N–H and O–H groups in total. The minimum absolute atomic E-state index is 0.820. The van der Waals surface area contributed by atoms with E-state index < -0.39 is 0 Å². The first-order valence-electron chi connectivity index (χ1n) is 6.95. The molecule has 1 aliphatic rings. The van der Waals surface area contributed by atoms with Crippen molar-refractivity contribution in [3.05, 3.63) is 28.2 Å². The number of nitrogen functional groups attached to an aromatic ring is 1. The van der Waals surface area contributed by atoms with Crippen LogP contribution in [-0.2, 0) is 6.54 Å². The average molecular weight is 311 g/mol. The van der Waals surface area contributed by atoms with Crippen LogP contribution in [0.4, 0.5) is 5.69 Å². The molecule has 0 aromatic heterocycles. The average Bonchev–Trinajstić information content (AvgIpc) is 2.37. The molecule has 0 bridgehead atoms. The van der Waals surface area contributed by atoms with E-state index in [1.165, 1.54) is 44.3 Å². The lowest BCUT2D eigenvalue weighted by molar-refractivity contribution is 0.172. The van der Waals surface area contributed by atoms with Gasteiger partial charge in [-0.2, -0.15) is 0 Å². The molecule has 3 heteroatoms. The topological polar surface area (TPSA) is 29.3 Å². The molecule has 1 saturated heterocycles. The molecule has 0 atom stereocenters. The van der Waals surface area contributed by atoms with Crippen LogP contribution in [0.15, 0.2) is 22.7 Å². The third kappa shape index (κ3) is 3.72. The SMILES string of the molecule is CCCC1CCN(Cc2ccc(N)c(Br)c2)CC1. The Hall–Kier alpha value is -0.540. The van der Waals surface area contributed by atoms with Crippen molar-refractivity contribution in [1.82, 2.24) is 4.90 Å². The van der Waals surface area contributed by atoms with Gasteiger partial charge < -0.3 is 5.73 Å². The standard InChI is InChI=1S/C15H23BrN2/c1-2-3-12-6-8-18(9-7-12)11-13-4-5-15(17)14(16)10-13/h4-5,10,12H,2-3,6-9,11,17H2,1H3. The molecule has 0 aliphatic carbocycles. The highest BCUT2D eigenvalue weighted by Crippen LogP contribution is 2.25. The fourth-order valence-corrected chi connectivity index (χ4v) is 3.19. The number of anilines is 1. The summed E-state index contributed by atoms with van der Waals surface area (Å²) in [5.74, 6) is 0.962. The summed E-state index contributed by atoms with van der Waals surface area (Å²) >= 11 is 3.50. The van der Waals surface area contributed by atoms with Gasteiger partial charge in [-0.15, -0.1) is 0 Å². The molecule has 0 amide bonds. The van der Waals surface area contributed by atoms with Gasteiger partial charge in [0.25, 0.3) is 0 Å². The Balaban J connectivity index is 1.85. The zero-order valence-electron chi connectivity index (χ0n) is 11.2. The van der Waals surface area contributed by atoms with E-state index in [4.69, 9.17) is 5.73 Å². The van der Waals surface area contributed by atoms with Crippen molar-refractivity contribution in [1.29, 1.82) is 0 Å². The van der Waals surface area contributed by atoms with Gasteiger partial charge in [-0.3, -0.25) is 4.90 Å². The summed E-state index contributed by atoms with van der Waals surface area (Å²) in [4.78, 5) is 2.56. The Labute approximate surface area is 119 Å². The molecule has 1 aromatic rings. The molecule has 18 heavy (non-hydrogen) atoms. The van der Waals surface area contributed by atoms with Gasteiger partial charge in [-0.05, 0) is 65.5 Å². The molecule has 1 heterocycles. The van der Waals surface area contributed by atoms with Crippen molar-refractivity contribution < 1.29 is 0 Å². The Morgan fingerprint density at radius 2 is 2.06 bits per heavy atom. The quantitative estimate of drug-likeness (QED) is 0.850. The maximum atomic E-state index is 5.81. The van der Waals surface area contributed by atoms with Crippen LogP contribution in [0.1, 0.15) is 38.2 Å². The van der Waals surface area contributed by atoms with E-state index in [1.54, 1.807) is 0 Å². The van der Waals surface area contributed by atoms with E-state index in [2.05, 4.69) is 39.9 Å². The second-order valence-electron chi connectivity index (χ2n) is 5.36. The highest BCUT2D eigenvalue weighted by Gasteiger charge is 2.18. The number of benzene rings is 1. The Kier molecular flexibility index (Phi) is 5.07. The number of nitrogens with zero attached hydrogens (tertiary/aromatic N) is 1. The Bertz CT molecular complexity index is 384. The van der Waals surface area contributed by atoms with E-state index in [0.29, 0.717) is 0 Å². The molecule has 1 fully saturated rings. The molecular weight excluding hydrogens is 288 g/mol. The summed E-state index contributed by atoms with van der Waals surface area (Å²) in [5, 5.41) is 0. The fraction of sp³-hybridized carbons (Fsp3) is 0.600. The molecule has 2 rings (SSSR count). The summed E-state index contributed by atoms with van der Waals surface area (Å²) in [7, 11) is 0. The monoisotopic (exact) mass is 310 g/mol. The molecule has 0 spiro atoms. The molecule has 1 aromatic carbocycles. The molecule has 1 aliphatic heterocycles. The molecule has 0 unspecified atom stereocenters. The summed E-state index contributed by atoms with van der Waals surface area (Å²) in [6, 6.07) is 6.27. The first-order valence-corrected chi connectivity index (χ1v) is 7.74. The van der Waals surface area contributed by atoms with Gasteiger partial charge in [-0.1, -0.05) is 25.8 Å². The van der Waals surface area contributed by atoms with Crippen molar-refractivity contribution in [3.63, 3.8) is 0 Å². The normalized spacial score (nSPS) is 18.1. The largest absolute Gasteiger partial charge is 0.398 e. The summed E-state index contributed by atoms with van der Waals surface area (Å²) in [6.07, 6.45) is 5.46. The van der Waals surface area contributed by atoms with Crippen molar-refractivity contribution in [2.75, 3.05) is 18.8 Å². The maximum absolute atomic E-state index is 5.81. The van der Waals surface area contributed by atoms with Crippen molar-refractivity contribution in [2.45, 2.75) is 39.2 Å². The van der Waals surface area contributed by atoms with Crippen LogP contribution in [0.3, 0.4) is 0 Å². The summed E-state index contributed by atoms with van der Waals surface area (Å²) < 4.78 is 1.01. The molecule has 0 saturated carbocycles. The molecule has 0 radical (unpaired) electrons. The number of hydrogen-bond donors (Lipinski definition) is 1. The lowest BCUT2D eigenvalue weighted by Crippen LogP contribution is -2.33. The lowest BCUT2D eigenvalue weighted by atomic mass is 9.92. The molecule has 100 valence electrons. The second kappa shape index (κ2) is 6.58. The highest BCUT2D eigenvalue weighted by atomic mass is 79.9. The minimum atomic E-state index is 0.820. The fourth-order valence-electron chi connectivity index (χ4n) is 2.77. The van der Waals surface area contributed by atoms with Crippen molar-refractivity contribution in [2.24, 2.45) is 5.92 Å². The molecular formula is C15H23BrN2. The van der Waals surface area contributed by atoms with Gasteiger partial charge in [0, 0.05) is 16.7 Å². The van der Waals surface area contributed by atoms with E-state index >= 15 is 0 Å². The second-order valence-corrected chi connectivity index (χ2v) is 6.22. The summed E-state index contributed by atoms with van der Waals surface area (Å²) in [6.45, 7) is 5.83. The lowest BCUT2D eigenvalue weighted by Gasteiger charge is -2.31. The van der Waals surface area contributed by atoms with Gasteiger partial charge in [0.05, 0.1) is 0 Å². The van der Waals surface area contributed by atoms with Gasteiger partial charge in [-0.25, -0.2) is 0 Å². The number of likely N-dealkylation sites (tertiary alicyclic amines) is 1. The first-order chi connectivity index (χ1) is 8.69. The smallest absolute Gasteiger partial charge is 0.0458 e. The number of halogens is 1. The predicted octanol–water partition coefficient (Wildman–Crippen LogP) is 4.04. The number of piperidine rings is 1. The Morgan fingerprint density at radius 3 is 2.67 bits per heavy atom. The Morgan fingerprint density at radius 1 is 1.33 bits per heavy atom. The minimum Gasteiger partial charge on any atom is -0.398 e. The molecule has 2 nitrogen and oxygen atoms in total. The first kappa shape index (κ1) is 13.9. The van der Waals surface area contributed by atoms with Gasteiger partial charge in [0.2, 0.25) is 0 Å². The van der Waals surface area contributed by atoms with E-state index in [-0.39, 0.29) is 0 Å². The van der Waals surface area contributed by atoms with E-state index in [1.807, 2.05) is 6.07 Å². The zero-order valence-corrected chi connectivity index (χ0v) is 12.7. The number of rotatable bonds is 4. The van der Waals surface area contributed by atoms with Crippen LogP contribution in [0.25, 0.3) is 0 Å².